The molecule has 0 aliphatic carbocycles. The average Bonchev–Trinajstić information content (AvgIpc) is 2.94. The van der Waals surface area contributed by atoms with E-state index in [2.05, 4.69) is 26.0 Å². The van der Waals surface area contributed by atoms with E-state index in [1.807, 2.05) is 17.9 Å². The summed E-state index contributed by atoms with van der Waals surface area (Å²) in [5, 5.41) is 4.25. The topological polar surface area (TPSA) is 56.1 Å². The highest BCUT2D eigenvalue weighted by molar-refractivity contribution is 5.33. The molecule has 0 aromatic carbocycles. The highest BCUT2D eigenvalue weighted by atomic mass is 16.5. The van der Waals surface area contributed by atoms with Crippen molar-refractivity contribution in [1.82, 2.24) is 19.7 Å². The van der Waals surface area contributed by atoms with Crippen molar-refractivity contribution in [2.24, 2.45) is 7.05 Å². The molecule has 1 aliphatic heterocycles. The lowest BCUT2D eigenvalue weighted by Crippen LogP contribution is -2.34. The standard InChI is InChI=1S/C14H19N5O/c1-18-12(3-8-16-18)11-5-9-19(10-6-11)14-15-7-4-13(17-14)20-2/h3-4,7-8,11H,5-6,9-10H2,1-2H3. The van der Waals surface area contributed by atoms with Crippen LogP contribution in [0.15, 0.2) is 24.5 Å². The van der Waals surface area contributed by atoms with Gasteiger partial charge in [0.2, 0.25) is 11.8 Å². The zero-order chi connectivity index (χ0) is 13.9. The van der Waals surface area contributed by atoms with Crippen molar-refractivity contribution in [1.29, 1.82) is 0 Å². The lowest BCUT2D eigenvalue weighted by molar-refractivity contribution is 0.395. The summed E-state index contributed by atoms with van der Waals surface area (Å²) < 4.78 is 7.13. The van der Waals surface area contributed by atoms with E-state index < -0.39 is 0 Å². The highest BCUT2D eigenvalue weighted by Crippen LogP contribution is 2.29. The first-order chi connectivity index (χ1) is 9.78. The number of anilines is 1. The molecule has 6 nitrogen and oxygen atoms in total. The monoisotopic (exact) mass is 273 g/mol. The summed E-state index contributed by atoms with van der Waals surface area (Å²) >= 11 is 0. The fourth-order valence-corrected chi connectivity index (χ4v) is 2.76. The molecule has 3 rings (SSSR count). The second-order valence-electron chi connectivity index (χ2n) is 5.04. The number of nitrogens with zero attached hydrogens (tertiary/aromatic N) is 5. The number of hydrogen-bond acceptors (Lipinski definition) is 5. The Morgan fingerprint density at radius 2 is 2.00 bits per heavy atom. The maximum Gasteiger partial charge on any atom is 0.228 e. The van der Waals surface area contributed by atoms with Crippen LogP contribution < -0.4 is 9.64 Å². The van der Waals surface area contributed by atoms with E-state index in [9.17, 15) is 0 Å². The molecular weight excluding hydrogens is 254 g/mol. The third kappa shape index (κ3) is 2.45. The number of hydrogen-bond donors (Lipinski definition) is 0. The van der Waals surface area contributed by atoms with Gasteiger partial charge in [0.05, 0.1) is 7.11 Å². The number of methoxy groups -OCH3 is 1. The second-order valence-corrected chi connectivity index (χ2v) is 5.04. The number of aromatic nitrogens is 4. The molecule has 0 saturated carbocycles. The van der Waals surface area contributed by atoms with Crippen LogP contribution in [-0.4, -0.2) is 39.9 Å². The Morgan fingerprint density at radius 3 is 2.65 bits per heavy atom. The summed E-state index contributed by atoms with van der Waals surface area (Å²) in [6.45, 7) is 1.92. The molecule has 1 fully saturated rings. The smallest absolute Gasteiger partial charge is 0.228 e. The molecule has 3 heterocycles. The molecule has 1 aliphatic rings. The normalized spacial score (nSPS) is 16.4. The molecule has 2 aromatic heterocycles. The van der Waals surface area contributed by atoms with Crippen molar-refractivity contribution in [3.05, 3.63) is 30.2 Å². The third-order valence-corrected chi connectivity index (χ3v) is 3.88. The summed E-state index contributed by atoms with van der Waals surface area (Å²) in [5.74, 6) is 1.95. The van der Waals surface area contributed by atoms with Crippen molar-refractivity contribution < 1.29 is 4.74 Å². The van der Waals surface area contributed by atoms with Gasteiger partial charge in [-0.2, -0.15) is 10.1 Å². The van der Waals surface area contributed by atoms with Gasteiger partial charge in [-0.1, -0.05) is 0 Å². The first-order valence-electron chi connectivity index (χ1n) is 6.88. The third-order valence-electron chi connectivity index (χ3n) is 3.88. The van der Waals surface area contributed by atoms with Gasteiger partial charge < -0.3 is 9.64 Å². The van der Waals surface area contributed by atoms with Crippen LogP contribution in [0.5, 0.6) is 5.88 Å². The van der Waals surface area contributed by atoms with Gasteiger partial charge in [0, 0.05) is 50.2 Å². The molecule has 0 spiro atoms. The van der Waals surface area contributed by atoms with Crippen LogP contribution in [-0.2, 0) is 7.05 Å². The molecule has 1 saturated heterocycles. The Balaban J connectivity index is 1.68. The van der Waals surface area contributed by atoms with Gasteiger partial charge in [-0.15, -0.1) is 0 Å². The van der Waals surface area contributed by atoms with E-state index in [1.54, 1.807) is 19.4 Å². The van der Waals surface area contributed by atoms with Gasteiger partial charge in [0.15, 0.2) is 0 Å². The van der Waals surface area contributed by atoms with E-state index in [0.717, 1.165) is 31.9 Å². The summed E-state index contributed by atoms with van der Waals surface area (Å²) in [6.07, 6.45) is 5.81. The maximum absolute atomic E-state index is 5.15. The molecule has 0 amide bonds. The van der Waals surface area contributed by atoms with E-state index in [4.69, 9.17) is 4.74 Å². The van der Waals surface area contributed by atoms with Crippen LogP contribution >= 0.6 is 0 Å². The number of rotatable bonds is 3. The molecule has 2 aromatic rings. The van der Waals surface area contributed by atoms with Crippen molar-refractivity contribution in [3.8, 4) is 5.88 Å². The summed E-state index contributed by atoms with van der Waals surface area (Å²) in [7, 11) is 3.63. The van der Waals surface area contributed by atoms with Crippen molar-refractivity contribution >= 4 is 5.95 Å². The van der Waals surface area contributed by atoms with Crippen LogP contribution in [0.1, 0.15) is 24.5 Å². The van der Waals surface area contributed by atoms with Crippen LogP contribution in [0.3, 0.4) is 0 Å². The van der Waals surface area contributed by atoms with E-state index in [-0.39, 0.29) is 0 Å². The van der Waals surface area contributed by atoms with Crippen LogP contribution in [0.25, 0.3) is 0 Å². The SMILES string of the molecule is COc1ccnc(N2CCC(c3ccnn3C)CC2)n1. The quantitative estimate of drug-likeness (QED) is 0.850. The van der Waals surface area contributed by atoms with Gasteiger partial charge in [0.1, 0.15) is 0 Å². The molecule has 6 heteroatoms. The maximum atomic E-state index is 5.15. The molecule has 0 N–H and O–H groups in total. The zero-order valence-corrected chi connectivity index (χ0v) is 11.9. The van der Waals surface area contributed by atoms with Crippen molar-refractivity contribution in [2.45, 2.75) is 18.8 Å². The minimum absolute atomic E-state index is 0.573. The van der Waals surface area contributed by atoms with Crippen LogP contribution in [0.4, 0.5) is 5.95 Å². The van der Waals surface area contributed by atoms with E-state index in [1.165, 1.54) is 5.69 Å². The average molecular weight is 273 g/mol. The number of aryl methyl sites for hydroxylation is 1. The van der Waals surface area contributed by atoms with Crippen LogP contribution in [0, 0.1) is 0 Å². The Kier molecular flexibility index (Phi) is 3.54. The van der Waals surface area contributed by atoms with Crippen molar-refractivity contribution in [2.75, 3.05) is 25.1 Å². The number of piperidine rings is 1. The predicted molar refractivity (Wildman–Crippen MR) is 76.0 cm³/mol. The molecule has 0 atom stereocenters. The van der Waals surface area contributed by atoms with E-state index >= 15 is 0 Å². The Morgan fingerprint density at radius 1 is 1.20 bits per heavy atom. The molecule has 106 valence electrons. The fourth-order valence-electron chi connectivity index (χ4n) is 2.76. The van der Waals surface area contributed by atoms with Crippen LogP contribution in [0.2, 0.25) is 0 Å². The van der Waals surface area contributed by atoms with Gasteiger partial charge in [-0.3, -0.25) is 4.68 Å². The summed E-state index contributed by atoms with van der Waals surface area (Å²) in [5.41, 5.74) is 1.32. The molecule has 20 heavy (non-hydrogen) atoms. The first-order valence-corrected chi connectivity index (χ1v) is 6.88. The molecule has 0 radical (unpaired) electrons. The largest absolute Gasteiger partial charge is 0.481 e. The lowest BCUT2D eigenvalue weighted by atomic mass is 9.93. The summed E-state index contributed by atoms with van der Waals surface area (Å²) in [6, 6.07) is 3.88. The van der Waals surface area contributed by atoms with Gasteiger partial charge in [-0.25, -0.2) is 4.98 Å². The second kappa shape index (κ2) is 5.48. The molecular formula is C14H19N5O. The minimum atomic E-state index is 0.573. The Labute approximate surface area is 118 Å². The van der Waals surface area contributed by atoms with Gasteiger partial charge in [-0.05, 0) is 18.9 Å². The van der Waals surface area contributed by atoms with Gasteiger partial charge >= 0.3 is 0 Å². The Bertz CT molecular complexity index is 574. The zero-order valence-electron chi connectivity index (χ0n) is 11.9. The minimum Gasteiger partial charge on any atom is -0.481 e. The van der Waals surface area contributed by atoms with E-state index in [0.29, 0.717) is 11.8 Å². The van der Waals surface area contributed by atoms with Crippen molar-refractivity contribution in [3.63, 3.8) is 0 Å². The first kappa shape index (κ1) is 12.9. The summed E-state index contributed by atoms with van der Waals surface area (Å²) in [4.78, 5) is 10.9. The fraction of sp³-hybridized carbons (Fsp3) is 0.500. The predicted octanol–water partition coefficient (Wildman–Crippen LogP) is 1.60. The molecule has 0 unspecified atom stereocenters. The highest BCUT2D eigenvalue weighted by Gasteiger charge is 2.24. The molecule has 0 bridgehead atoms. The number of ether oxygens (including phenoxy) is 1. The van der Waals surface area contributed by atoms with Gasteiger partial charge in [0.25, 0.3) is 0 Å². The Hall–Kier alpha value is -2.11. The lowest BCUT2D eigenvalue weighted by Gasteiger charge is -2.32.